The molecule has 0 aliphatic carbocycles. The molecule has 0 amide bonds. The highest BCUT2D eigenvalue weighted by atomic mass is 79.9. The van der Waals surface area contributed by atoms with Gasteiger partial charge in [-0.25, -0.2) is 0 Å². The monoisotopic (exact) mass is 521 g/mol. The molecule has 0 aromatic heterocycles. The Kier molecular flexibility index (Phi) is 5.40. The molecule has 5 heteroatoms. The lowest BCUT2D eigenvalue weighted by Crippen LogP contribution is -2.45. The van der Waals surface area contributed by atoms with Gasteiger partial charge in [0.25, 0.3) is 0 Å². The number of fused-ring (bicyclic) bond motifs is 2. The molecule has 0 spiro atoms. The fraction of sp³-hybridized carbons (Fsp3) is 0.379. The van der Waals surface area contributed by atoms with Crippen molar-refractivity contribution < 1.29 is 14.2 Å². The van der Waals surface area contributed by atoms with E-state index in [1.807, 2.05) is 0 Å². The van der Waals surface area contributed by atoms with Crippen LogP contribution in [-0.2, 0) is 18.5 Å². The van der Waals surface area contributed by atoms with Gasteiger partial charge in [0.15, 0.2) is 11.5 Å². The summed E-state index contributed by atoms with van der Waals surface area (Å²) < 4.78 is 18.8. The summed E-state index contributed by atoms with van der Waals surface area (Å²) in [4.78, 5) is 2.47. The number of benzene rings is 3. The second kappa shape index (κ2) is 7.94. The molecule has 2 aliphatic heterocycles. The summed E-state index contributed by atoms with van der Waals surface area (Å²) in [6.07, 6.45) is 0. The molecule has 0 N–H and O–H groups in total. The van der Waals surface area contributed by atoms with Crippen LogP contribution in [0.15, 0.2) is 46.9 Å². The van der Waals surface area contributed by atoms with Crippen LogP contribution in [0.2, 0.25) is 0 Å². The molecule has 0 saturated heterocycles. The number of rotatable bonds is 4. The Bertz CT molecular complexity index is 1250. The van der Waals surface area contributed by atoms with Crippen LogP contribution in [0.1, 0.15) is 54.2 Å². The van der Waals surface area contributed by atoms with Crippen LogP contribution in [0.25, 0.3) is 0 Å². The van der Waals surface area contributed by atoms with Crippen LogP contribution in [0.3, 0.4) is 0 Å². The van der Waals surface area contributed by atoms with Gasteiger partial charge in [-0.1, -0.05) is 28.1 Å². The van der Waals surface area contributed by atoms with E-state index in [0.29, 0.717) is 0 Å². The molecule has 0 bridgehead atoms. The van der Waals surface area contributed by atoms with Crippen molar-refractivity contribution in [2.45, 2.75) is 58.7 Å². The summed E-state index contributed by atoms with van der Waals surface area (Å²) in [6, 6.07) is 15.1. The van der Waals surface area contributed by atoms with E-state index in [0.717, 1.165) is 34.8 Å². The molecular formula is C29H32BrNO3. The summed E-state index contributed by atoms with van der Waals surface area (Å²) in [6.45, 7) is 12.9. The van der Waals surface area contributed by atoms with Crippen molar-refractivity contribution in [3.8, 4) is 17.2 Å². The van der Waals surface area contributed by atoms with Gasteiger partial charge < -0.3 is 19.1 Å². The lowest BCUT2D eigenvalue weighted by molar-refractivity contribution is 0.0811. The standard InChI is InChI=1S/C29H32BrNO3/c1-17-12-25-26(29(5,28(3,4)34-25)21-8-10-22(30)11-9-21)18(2)27(17)31-15-19-13-23(32-6)24(33-7)14-20(19)16-31/h8-14H,15-16H2,1-7H3/t29-/m1/s1. The Balaban J connectivity index is 1.63. The quantitative estimate of drug-likeness (QED) is 0.367. The van der Waals surface area contributed by atoms with Crippen molar-refractivity contribution in [2.24, 2.45) is 0 Å². The summed E-state index contributed by atoms with van der Waals surface area (Å²) in [5, 5.41) is 0. The van der Waals surface area contributed by atoms with Crippen LogP contribution in [0, 0.1) is 13.8 Å². The van der Waals surface area contributed by atoms with Crippen LogP contribution in [0.4, 0.5) is 5.69 Å². The van der Waals surface area contributed by atoms with Crippen LogP contribution in [0.5, 0.6) is 17.2 Å². The third-order valence-corrected chi connectivity index (χ3v) is 8.46. The van der Waals surface area contributed by atoms with Crippen molar-refractivity contribution >= 4 is 21.6 Å². The number of hydrogen-bond acceptors (Lipinski definition) is 4. The fourth-order valence-corrected chi connectivity index (χ4v) is 6.22. The average Bonchev–Trinajstić information content (AvgIpc) is 3.28. The molecule has 0 fully saturated rings. The molecule has 2 aliphatic rings. The highest BCUT2D eigenvalue weighted by molar-refractivity contribution is 9.10. The molecular weight excluding hydrogens is 490 g/mol. The van der Waals surface area contributed by atoms with Crippen molar-refractivity contribution in [1.82, 2.24) is 0 Å². The molecule has 0 unspecified atom stereocenters. The van der Waals surface area contributed by atoms with E-state index in [1.165, 1.54) is 39.1 Å². The van der Waals surface area contributed by atoms with Crippen molar-refractivity contribution in [3.63, 3.8) is 0 Å². The van der Waals surface area contributed by atoms with Gasteiger partial charge >= 0.3 is 0 Å². The minimum Gasteiger partial charge on any atom is -0.493 e. The number of aryl methyl sites for hydroxylation is 1. The van der Waals surface area contributed by atoms with Crippen molar-refractivity contribution in [1.29, 1.82) is 0 Å². The molecule has 34 heavy (non-hydrogen) atoms. The second-order valence-electron chi connectivity index (χ2n) is 10.1. The maximum atomic E-state index is 6.63. The number of halogens is 1. The summed E-state index contributed by atoms with van der Waals surface area (Å²) in [5.41, 5.74) is 8.26. The Morgan fingerprint density at radius 3 is 1.97 bits per heavy atom. The van der Waals surface area contributed by atoms with Gasteiger partial charge in [-0.2, -0.15) is 0 Å². The maximum absolute atomic E-state index is 6.63. The Labute approximate surface area is 211 Å². The first-order valence-electron chi connectivity index (χ1n) is 11.7. The SMILES string of the molecule is COc1cc2c(cc1OC)CN(c1c(C)cc3c(c1C)[C@@](C)(c1ccc(Br)cc1)C(C)(C)O3)C2. The van der Waals surface area contributed by atoms with E-state index in [9.17, 15) is 0 Å². The third-order valence-electron chi connectivity index (χ3n) is 7.93. The van der Waals surface area contributed by atoms with Crippen LogP contribution >= 0.6 is 15.9 Å². The van der Waals surface area contributed by atoms with Gasteiger partial charge in [0.05, 0.1) is 19.6 Å². The molecule has 3 aromatic rings. The first kappa shape index (κ1) is 23.1. The Morgan fingerprint density at radius 2 is 1.44 bits per heavy atom. The zero-order valence-electron chi connectivity index (χ0n) is 21.0. The van der Waals surface area contributed by atoms with Gasteiger partial charge in [0.2, 0.25) is 0 Å². The molecule has 0 saturated carbocycles. The average molecular weight is 522 g/mol. The lowest BCUT2D eigenvalue weighted by atomic mass is 9.66. The summed E-state index contributed by atoms with van der Waals surface area (Å²) in [7, 11) is 3.38. The van der Waals surface area contributed by atoms with Gasteiger partial charge in [-0.15, -0.1) is 0 Å². The third kappa shape index (κ3) is 3.24. The van der Waals surface area contributed by atoms with Gasteiger partial charge in [-0.3, -0.25) is 0 Å². The number of nitrogens with zero attached hydrogens (tertiary/aromatic N) is 1. The maximum Gasteiger partial charge on any atom is 0.161 e. The van der Waals surface area contributed by atoms with E-state index >= 15 is 0 Å². The Hall–Kier alpha value is -2.66. The number of hydrogen-bond donors (Lipinski definition) is 0. The second-order valence-corrected chi connectivity index (χ2v) is 11.0. The number of methoxy groups -OCH3 is 2. The normalized spacial score (nSPS) is 20.1. The highest BCUT2D eigenvalue weighted by Gasteiger charge is 2.54. The predicted octanol–water partition coefficient (Wildman–Crippen LogP) is 7.08. The topological polar surface area (TPSA) is 30.9 Å². The fourth-order valence-electron chi connectivity index (χ4n) is 5.96. The van der Waals surface area contributed by atoms with E-state index in [4.69, 9.17) is 14.2 Å². The van der Waals surface area contributed by atoms with Gasteiger partial charge in [-0.05, 0) is 92.8 Å². The smallest absolute Gasteiger partial charge is 0.161 e. The number of anilines is 1. The highest BCUT2D eigenvalue weighted by Crippen LogP contribution is 2.56. The molecule has 2 heterocycles. The summed E-state index contributed by atoms with van der Waals surface area (Å²) >= 11 is 3.59. The van der Waals surface area contributed by atoms with Crippen LogP contribution < -0.4 is 19.1 Å². The molecule has 5 rings (SSSR count). The predicted molar refractivity (Wildman–Crippen MR) is 141 cm³/mol. The minimum absolute atomic E-state index is 0.283. The Morgan fingerprint density at radius 1 is 0.882 bits per heavy atom. The molecule has 4 nitrogen and oxygen atoms in total. The first-order chi connectivity index (χ1) is 16.1. The molecule has 3 aromatic carbocycles. The van der Waals surface area contributed by atoms with Crippen LogP contribution in [-0.4, -0.2) is 19.8 Å². The zero-order chi connectivity index (χ0) is 24.4. The first-order valence-corrected chi connectivity index (χ1v) is 12.5. The molecule has 1 atom stereocenters. The van der Waals surface area contributed by atoms with Crippen molar-refractivity contribution in [3.05, 3.63) is 80.3 Å². The van der Waals surface area contributed by atoms with Gasteiger partial charge in [0.1, 0.15) is 11.4 Å². The zero-order valence-corrected chi connectivity index (χ0v) is 22.6. The van der Waals surface area contributed by atoms with E-state index in [2.05, 4.69) is 97.9 Å². The van der Waals surface area contributed by atoms with E-state index in [1.54, 1.807) is 14.2 Å². The van der Waals surface area contributed by atoms with Crippen molar-refractivity contribution in [2.75, 3.05) is 19.1 Å². The lowest BCUT2D eigenvalue weighted by Gasteiger charge is -2.38. The minimum atomic E-state index is -0.381. The van der Waals surface area contributed by atoms with E-state index in [-0.39, 0.29) is 11.0 Å². The molecule has 178 valence electrons. The van der Waals surface area contributed by atoms with E-state index < -0.39 is 0 Å². The summed E-state index contributed by atoms with van der Waals surface area (Å²) in [5.74, 6) is 2.56. The largest absolute Gasteiger partial charge is 0.493 e. The molecule has 0 radical (unpaired) electrons. The van der Waals surface area contributed by atoms with Gasteiger partial charge in [0, 0.05) is 28.8 Å². The number of ether oxygens (including phenoxy) is 3.